The van der Waals surface area contributed by atoms with Crippen LogP contribution >= 0.6 is 0 Å². The molecule has 1 aliphatic rings. The predicted molar refractivity (Wildman–Crippen MR) is 37.9 cm³/mol. The molecule has 1 aromatic rings. The van der Waals surface area contributed by atoms with Gasteiger partial charge in [0.15, 0.2) is 5.82 Å². The molecule has 0 aromatic carbocycles. The summed E-state index contributed by atoms with van der Waals surface area (Å²) in [5.41, 5.74) is 1.12. The summed E-state index contributed by atoms with van der Waals surface area (Å²) in [7, 11) is 0. The highest BCUT2D eigenvalue weighted by molar-refractivity contribution is 6.07. The molecule has 5 heteroatoms. The normalized spacial score (nSPS) is 14.5. The number of rotatable bonds is 0. The van der Waals surface area contributed by atoms with Crippen LogP contribution in [0.25, 0.3) is 0 Å². The topological polar surface area (TPSA) is 72.2 Å². The standard InChI is InChI=1S/C6H5N4O/c1-3-4-5(10-9-3)7-2-8-6(4)11/h2H,1H3,(H,9,10). The molecule has 1 N–H and O–H groups in total. The third-order valence-electron chi connectivity index (χ3n) is 1.50. The number of aromatic amines is 1. The Morgan fingerprint density at radius 2 is 2.36 bits per heavy atom. The van der Waals surface area contributed by atoms with Gasteiger partial charge in [-0.15, -0.1) is 0 Å². The Hall–Kier alpha value is -1.65. The average molecular weight is 149 g/mol. The van der Waals surface area contributed by atoms with Crippen LogP contribution in [0.5, 0.6) is 0 Å². The summed E-state index contributed by atoms with van der Waals surface area (Å²) >= 11 is 0. The Kier molecular flexibility index (Phi) is 1.06. The van der Waals surface area contributed by atoms with Gasteiger partial charge in [-0.2, -0.15) is 10.4 Å². The van der Waals surface area contributed by atoms with E-state index < -0.39 is 0 Å². The van der Waals surface area contributed by atoms with Gasteiger partial charge in [0.1, 0.15) is 11.9 Å². The molecule has 2 rings (SSSR count). The Labute approximate surface area is 62.5 Å². The van der Waals surface area contributed by atoms with E-state index in [2.05, 4.69) is 20.5 Å². The van der Waals surface area contributed by atoms with Gasteiger partial charge in [0.05, 0.1) is 5.69 Å². The van der Waals surface area contributed by atoms with Gasteiger partial charge < -0.3 is 0 Å². The third-order valence-corrected chi connectivity index (χ3v) is 1.50. The second-order valence-electron chi connectivity index (χ2n) is 2.21. The van der Waals surface area contributed by atoms with E-state index >= 15 is 0 Å². The quantitative estimate of drug-likeness (QED) is 0.569. The number of nitrogens with zero attached hydrogens (tertiary/aromatic N) is 3. The number of nitrogens with one attached hydrogen (secondary N) is 1. The molecule has 0 atom stereocenters. The van der Waals surface area contributed by atoms with Crippen LogP contribution in [0.4, 0.5) is 5.82 Å². The summed E-state index contributed by atoms with van der Waals surface area (Å²) in [6.07, 6.45) is 1.22. The maximum atomic E-state index is 11.0. The number of aliphatic imine (C=N–C) groups is 1. The Morgan fingerprint density at radius 3 is 3.09 bits per heavy atom. The zero-order chi connectivity index (χ0) is 7.84. The molecule has 0 saturated heterocycles. The van der Waals surface area contributed by atoms with E-state index in [0.717, 1.165) is 0 Å². The fourth-order valence-electron chi connectivity index (χ4n) is 0.973. The van der Waals surface area contributed by atoms with Crippen molar-refractivity contribution >= 4 is 18.1 Å². The van der Waals surface area contributed by atoms with Gasteiger partial charge in [0, 0.05) is 0 Å². The molecule has 0 unspecified atom stereocenters. The molecule has 1 aromatic heterocycles. The zero-order valence-electron chi connectivity index (χ0n) is 5.83. The largest absolute Gasteiger partial charge is 0.284 e. The van der Waals surface area contributed by atoms with Crippen molar-refractivity contribution < 1.29 is 4.79 Å². The van der Waals surface area contributed by atoms with Crippen LogP contribution in [-0.4, -0.2) is 22.4 Å². The van der Waals surface area contributed by atoms with Gasteiger partial charge >= 0.3 is 0 Å². The fraction of sp³-hybridized carbons (Fsp3) is 0.167. The number of fused-ring (bicyclic) bond motifs is 1. The number of aromatic nitrogens is 2. The van der Waals surface area contributed by atoms with Crippen LogP contribution in [0.15, 0.2) is 4.99 Å². The number of carbonyl (C=O) groups is 1. The minimum atomic E-state index is -0.277. The summed E-state index contributed by atoms with van der Waals surface area (Å²) in [6.45, 7) is 1.74. The SMILES string of the molecule is Cc1n[nH]c2c1C(=O)[N]C=N2. The second kappa shape index (κ2) is 1.91. The number of H-pyrrole nitrogens is 1. The van der Waals surface area contributed by atoms with Crippen molar-refractivity contribution in [3.05, 3.63) is 11.3 Å². The van der Waals surface area contributed by atoms with Crippen LogP contribution in [0.1, 0.15) is 16.1 Å². The first kappa shape index (κ1) is 6.09. The Balaban J connectivity index is 2.67. The monoisotopic (exact) mass is 149 g/mol. The molecular weight excluding hydrogens is 144 g/mol. The van der Waals surface area contributed by atoms with Crippen molar-refractivity contribution in [3.63, 3.8) is 0 Å². The fourth-order valence-corrected chi connectivity index (χ4v) is 0.973. The Bertz CT molecular complexity index is 338. The average Bonchev–Trinajstić information content (AvgIpc) is 2.34. The first-order chi connectivity index (χ1) is 5.29. The van der Waals surface area contributed by atoms with Gasteiger partial charge in [0.25, 0.3) is 5.91 Å². The highest BCUT2D eigenvalue weighted by Crippen LogP contribution is 2.20. The molecule has 1 aliphatic heterocycles. The van der Waals surface area contributed by atoms with Crippen molar-refractivity contribution in [3.8, 4) is 0 Å². The van der Waals surface area contributed by atoms with Crippen LogP contribution in [0.2, 0.25) is 0 Å². The van der Waals surface area contributed by atoms with E-state index in [-0.39, 0.29) is 5.91 Å². The molecule has 2 heterocycles. The second-order valence-corrected chi connectivity index (χ2v) is 2.21. The molecule has 0 fully saturated rings. The summed E-state index contributed by atoms with van der Waals surface area (Å²) in [6, 6.07) is 0. The number of amides is 1. The lowest BCUT2D eigenvalue weighted by molar-refractivity contribution is 0.0973. The summed E-state index contributed by atoms with van der Waals surface area (Å²) in [5, 5.41) is 9.97. The molecule has 1 amide bonds. The molecule has 0 aliphatic carbocycles. The first-order valence-corrected chi connectivity index (χ1v) is 3.11. The maximum Gasteiger partial charge on any atom is 0.284 e. The van der Waals surface area contributed by atoms with Gasteiger partial charge in [0.2, 0.25) is 0 Å². The lowest BCUT2D eigenvalue weighted by Gasteiger charge is -2.00. The van der Waals surface area contributed by atoms with Crippen molar-refractivity contribution in [1.29, 1.82) is 0 Å². The van der Waals surface area contributed by atoms with Crippen molar-refractivity contribution in [2.45, 2.75) is 6.92 Å². The minimum absolute atomic E-state index is 0.277. The van der Waals surface area contributed by atoms with Crippen LogP contribution in [0, 0.1) is 6.92 Å². The molecule has 0 bridgehead atoms. The summed E-state index contributed by atoms with van der Waals surface area (Å²) in [5.74, 6) is 0.226. The molecule has 5 nitrogen and oxygen atoms in total. The van der Waals surface area contributed by atoms with Crippen molar-refractivity contribution in [2.24, 2.45) is 4.99 Å². The number of hydrogen-bond donors (Lipinski definition) is 1. The highest BCUT2D eigenvalue weighted by atomic mass is 16.1. The molecule has 11 heavy (non-hydrogen) atoms. The lowest BCUT2D eigenvalue weighted by Crippen LogP contribution is -2.17. The number of carbonyl (C=O) groups excluding carboxylic acids is 1. The van der Waals surface area contributed by atoms with Gasteiger partial charge in [-0.1, -0.05) is 0 Å². The van der Waals surface area contributed by atoms with Crippen LogP contribution in [-0.2, 0) is 0 Å². The molecule has 1 radical (unpaired) electrons. The smallest absolute Gasteiger partial charge is 0.266 e. The number of aryl methyl sites for hydroxylation is 1. The maximum absolute atomic E-state index is 11.0. The number of hydrogen-bond acceptors (Lipinski definition) is 3. The van der Waals surface area contributed by atoms with Crippen LogP contribution < -0.4 is 5.32 Å². The van der Waals surface area contributed by atoms with E-state index in [1.54, 1.807) is 6.92 Å². The molecule has 0 spiro atoms. The van der Waals surface area contributed by atoms with E-state index in [4.69, 9.17) is 0 Å². The molecule has 0 saturated carbocycles. The summed E-state index contributed by atoms with van der Waals surface area (Å²) < 4.78 is 0. The van der Waals surface area contributed by atoms with E-state index in [1.807, 2.05) is 0 Å². The third kappa shape index (κ3) is 0.739. The minimum Gasteiger partial charge on any atom is -0.266 e. The van der Waals surface area contributed by atoms with E-state index in [9.17, 15) is 4.79 Å². The zero-order valence-corrected chi connectivity index (χ0v) is 5.83. The molecular formula is C6H5N4O. The first-order valence-electron chi connectivity index (χ1n) is 3.11. The van der Waals surface area contributed by atoms with Gasteiger partial charge in [-0.05, 0) is 6.92 Å². The van der Waals surface area contributed by atoms with Crippen molar-refractivity contribution in [1.82, 2.24) is 15.5 Å². The Morgan fingerprint density at radius 1 is 1.55 bits per heavy atom. The molecule has 55 valence electrons. The summed E-state index contributed by atoms with van der Waals surface area (Å²) in [4.78, 5) is 14.9. The van der Waals surface area contributed by atoms with Crippen molar-refractivity contribution in [2.75, 3.05) is 0 Å². The predicted octanol–water partition coefficient (Wildman–Crippen LogP) is 0.136. The van der Waals surface area contributed by atoms with E-state index in [1.165, 1.54) is 6.34 Å². The van der Waals surface area contributed by atoms with Gasteiger partial charge in [-0.25, -0.2) is 4.99 Å². The lowest BCUT2D eigenvalue weighted by atomic mass is 10.2. The van der Waals surface area contributed by atoms with Gasteiger partial charge in [-0.3, -0.25) is 9.89 Å². The van der Waals surface area contributed by atoms with E-state index in [0.29, 0.717) is 17.1 Å². The van der Waals surface area contributed by atoms with Crippen LogP contribution in [0.3, 0.4) is 0 Å². The highest BCUT2D eigenvalue weighted by Gasteiger charge is 2.20.